The molecule has 0 saturated carbocycles. The van der Waals surface area contributed by atoms with Crippen LogP contribution in [0.25, 0.3) is 43.7 Å². The number of benzene rings is 5. The Kier molecular flexibility index (Phi) is 3.92. The van der Waals surface area contributed by atoms with Crippen LogP contribution in [-0.4, -0.2) is 4.98 Å². The van der Waals surface area contributed by atoms with Crippen LogP contribution in [0.1, 0.15) is 5.56 Å². The smallest absolute Gasteiger partial charge is 0.196 e. The first kappa shape index (κ1) is 18.4. The Balaban J connectivity index is 1.83. The molecule has 0 radical (unpaired) electrons. The van der Waals surface area contributed by atoms with Gasteiger partial charge in [-0.2, -0.15) is 0 Å². The molecule has 6 aromatic rings. The third kappa shape index (κ3) is 2.72. The summed E-state index contributed by atoms with van der Waals surface area (Å²) in [5.41, 5.74) is 4.48. The van der Waals surface area contributed by atoms with Gasteiger partial charge in [-0.05, 0) is 36.8 Å². The molecule has 1 heterocycles. The molecule has 0 saturated heterocycles. The van der Waals surface area contributed by atoms with Crippen LogP contribution in [-0.2, 0) is 0 Å². The Morgan fingerprint density at radius 2 is 1.44 bits per heavy atom. The summed E-state index contributed by atoms with van der Waals surface area (Å²) >= 11 is 0. The van der Waals surface area contributed by atoms with Crippen molar-refractivity contribution in [2.75, 3.05) is 5.32 Å². The number of nitrogens with one attached hydrogen (secondary N) is 2. The Labute approximate surface area is 181 Å². The van der Waals surface area contributed by atoms with E-state index in [0.717, 1.165) is 16.8 Å². The van der Waals surface area contributed by atoms with Crippen LogP contribution in [0, 0.1) is 6.92 Å². The molecule has 2 N–H and O–H groups in total. The molecule has 0 spiro atoms. The second-order valence-corrected chi connectivity index (χ2v) is 7.97. The molecular weight excluding hydrogens is 400 g/mol. The zero-order chi connectivity index (χ0) is 21.8. The minimum Gasteiger partial charge on any atom is -0.453 e. The quantitative estimate of drug-likeness (QED) is 0.267. The van der Waals surface area contributed by atoms with E-state index in [9.17, 15) is 9.59 Å². The maximum absolute atomic E-state index is 13.6. The van der Waals surface area contributed by atoms with E-state index >= 15 is 0 Å². The molecule has 0 aliphatic carbocycles. The number of aromatic amines is 1. The molecule has 0 amide bonds. The van der Waals surface area contributed by atoms with Crippen LogP contribution in [0.5, 0.6) is 0 Å². The van der Waals surface area contributed by atoms with Gasteiger partial charge in [-0.3, -0.25) is 9.59 Å². The summed E-state index contributed by atoms with van der Waals surface area (Å²) in [4.78, 5) is 30.5. The molecule has 0 fully saturated rings. The molecule has 154 valence electrons. The number of rotatable bonds is 2. The lowest BCUT2D eigenvalue weighted by Crippen LogP contribution is -2.15. The summed E-state index contributed by atoms with van der Waals surface area (Å²) in [7, 11) is 0. The lowest BCUT2D eigenvalue weighted by Gasteiger charge is -2.13. The van der Waals surface area contributed by atoms with Crippen LogP contribution in [0.15, 0.2) is 92.9 Å². The van der Waals surface area contributed by atoms with Gasteiger partial charge in [0.15, 0.2) is 22.0 Å². The third-order valence-corrected chi connectivity index (χ3v) is 5.83. The minimum absolute atomic E-state index is 0.187. The Hall–Kier alpha value is -4.38. The fraction of sp³-hybridized carbons (Fsp3) is 0.0370. The summed E-state index contributed by atoms with van der Waals surface area (Å²) in [6, 6.07) is 24.1. The van der Waals surface area contributed by atoms with E-state index in [1.807, 2.05) is 55.5 Å². The Bertz CT molecular complexity index is 1800. The van der Waals surface area contributed by atoms with Crippen LogP contribution in [0.3, 0.4) is 0 Å². The molecule has 0 unspecified atom stereocenters. The minimum atomic E-state index is -0.199. The summed E-state index contributed by atoms with van der Waals surface area (Å²) in [5.74, 6) is 0. The summed E-state index contributed by atoms with van der Waals surface area (Å²) in [6.07, 6.45) is 0. The maximum Gasteiger partial charge on any atom is 0.196 e. The molecule has 32 heavy (non-hydrogen) atoms. The molecule has 0 bridgehead atoms. The van der Waals surface area contributed by atoms with Gasteiger partial charge in [-0.25, -0.2) is 0 Å². The van der Waals surface area contributed by atoms with Gasteiger partial charge in [-0.1, -0.05) is 48.5 Å². The molecule has 5 aromatic carbocycles. The number of aryl methyl sites for hydroxylation is 1. The van der Waals surface area contributed by atoms with Crippen molar-refractivity contribution in [1.82, 2.24) is 4.98 Å². The molecule has 0 atom stereocenters. The highest BCUT2D eigenvalue weighted by Crippen LogP contribution is 2.32. The fourth-order valence-corrected chi connectivity index (χ4v) is 4.32. The van der Waals surface area contributed by atoms with Gasteiger partial charge in [0, 0.05) is 22.5 Å². The van der Waals surface area contributed by atoms with E-state index in [-0.39, 0.29) is 10.9 Å². The van der Waals surface area contributed by atoms with E-state index in [1.165, 1.54) is 0 Å². The fourth-order valence-electron chi connectivity index (χ4n) is 4.32. The highest BCUT2D eigenvalue weighted by Gasteiger charge is 2.19. The molecule has 0 aliphatic heterocycles. The molecule has 5 heteroatoms. The monoisotopic (exact) mass is 418 g/mol. The summed E-state index contributed by atoms with van der Waals surface area (Å²) < 4.78 is 6.21. The SMILES string of the molecule is Cc1ccc2[nH]c3c(cc(Nc4ccccc4)c4c(=O)c5ccccc5c(=O)c43)oc2c1. The molecule has 6 rings (SSSR count). The van der Waals surface area contributed by atoms with Crippen molar-refractivity contribution in [2.45, 2.75) is 6.92 Å². The highest BCUT2D eigenvalue weighted by atomic mass is 16.3. The van der Waals surface area contributed by atoms with Crippen LogP contribution in [0.2, 0.25) is 0 Å². The van der Waals surface area contributed by atoms with Gasteiger partial charge in [0.25, 0.3) is 0 Å². The van der Waals surface area contributed by atoms with Gasteiger partial charge < -0.3 is 14.7 Å². The van der Waals surface area contributed by atoms with Crippen molar-refractivity contribution in [3.8, 4) is 0 Å². The standard InChI is InChI=1S/C27H18N2O3/c1-15-11-12-19-21(13-15)32-22-14-20(28-16-7-3-2-4-8-16)23-24(25(22)29-19)27(31)18-10-6-5-9-17(18)26(23)30/h2-14,28-29H,1H3. The van der Waals surface area contributed by atoms with Crippen molar-refractivity contribution in [3.63, 3.8) is 0 Å². The Morgan fingerprint density at radius 1 is 0.750 bits per heavy atom. The summed E-state index contributed by atoms with van der Waals surface area (Å²) in [5, 5.41) is 4.81. The average Bonchev–Trinajstić information content (AvgIpc) is 2.81. The zero-order valence-corrected chi connectivity index (χ0v) is 17.2. The van der Waals surface area contributed by atoms with E-state index in [4.69, 9.17) is 4.42 Å². The van der Waals surface area contributed by atoms with Crippen molar-refractivity contribution in [3.05, 3.63) is 105 Å². The number of aromatic nitrogens is 1. The first-order valence-electron chi connectivity index (χ1n) is 10.4. The van der Waals surface area contributed by atoms with Gasteiger partial charge in [0.05, 0.1) is 27.5 Å². The average molecular weight is 418 g/mol. The Morgan fingerprint density at radius 3 is 2.19 bits per heavy atom. The van der Waals surface area contributed by atoms with E-state index in [0.29, 0.717) is 43.9 Å². The molecule has 1 aromatic heterocycles. The number of hydrogen-bond acceptors (Lipinski definition) is 4. The first-order chi connectivity index (χ1) is 15.6. The van der Waals surface area contributed by atoms with E-state index in [1.54, 1.807) is 30.3 Å². The van der Waals surface area contributed by atoms with Gasteiger partial charge >= 0.3 is 0 Å². The van der Waals surface area contributed by atoms with Crippen LogP contribution in [0.4, 0.5) is 11.4 Å². The van der Waals surface area contributed by atoms with E-state index < -0.39 is 0 Å². The van der Waals surface area contributed by atoms with Gasteiger partial charge in [0.1, 0.15) is 0 Å². The van der Waals surface area contributed by atoms with Crippen molar-refractivity contribution >= 4 is 55.1 Å². The second kappa shape index (κ2) is 6.82. The largest absolute Gasteiger partial charge is 0.453 e. The predicted molar refractivity (Wildman–Crippen MR) is 130 cm³/mol. The summed E-state index contributed by atoms with van der Waals surface area (Å²) in [6.45, 7) is 1.99. The predicted octanol–water partition coefficient (Wildman–Crippen LogP) is 5.99. The zero-order valence-electron chi connectivity index (χ0n) is 17.2. The van der Waals surface area contributed by atoms with Crippen LogP contribution >= 0.6 is 0 Å². The lowest BCUT2D eigenvalue weighted by molar-refractivity contribution is 0.657. The molecule has 5 nitrogen and oxygen atoms in total. The van der Waals surface area contributed by atoms with Crippen LogP contribution < -0.4 is 16.2 Å². The number of para-hydroxylation sites is 1. The third-order valence-electron chi connectivity index (χ3n) is 5.83. The number of fused-ring (bicyclic) bond motifs is 5. The number of hydrogen-bond donors (Lipinski definition) is 2. The van der Waals surface area contributed by atoms with Crippen molar-refractivity contribution < 1.29 is 4.42 Å². The molecular formula is C27H18N2O3. The number of anilines is 2. The highest BCUT2D eigenvalue weighted by molar-refractivity contribution is 6.15. The van der Waals surface area contributed by atoms with Crippen molar-refractivity contribution in [2.24, 2.45) is 0 Å². The second-order valence-electron chi connectivity index (χ2n) is 7.97. The first-order valence-corrected chi connectivity index (χ1v) is 10.4. The topological polar surface area (TPSA) is 75.1 Å². The number of H-pyrrole nitrogens is 1. The maximum atomic E-state index is 13.6. The van der Waals surface area contributed by atoms with Crippen molar-refractivity contribution in [1.29, 1.82) is 0 Å². The molecule has 0 aliphatic rings. The van der Waals surface area contributed by atoms with Gasteiger partial charge in [0.2, 0.25) is 0 Å². The van der Waals surface area contributed by atoms with Gasteiger partial charge in [-0.15, -0.1) is 0 Å². The normalized spacial score (nSPS) is 11.5. The van der Waals surface area contributed by atoms with E-state index in [2.05, 4.69) is 10.3 Å². The lowest BCUT2D eigenvalue weighted by atomic mass is 9.99.